The molecule has 1 aromatic carbocycles. The third-order valence-corrected chi connectivity index (χ3v) is 4.48. The van der Waals surface area contributed by atoms with Gasteiger partial charge in [0.05, 0.1) is 17.7 Å². The van der Waals surface area contributed by atoms with E-state index in [0.29, 0.717) is 17.1 Å². The Morgan fingerprint density at radius 1 is 1.40 bits per heavy atom. The molecule has 0 radical (unpaired) electrons. The number of benzene rings is 1. The van der Waals surface area contributed by atoms with Gasteiger partial charge in [0, 0.05) is 5.56 Å². The fourth-order valence-corrected chi connectivity index (χ4v) is 3.16. The fourth-order valence-electron chi connectivity index (χ4n) is 2.90. The minimum Gasteiger partial charge on any atom is -0.493 e. The van der Waals surface area contributed by atoms with E-state index in [0.717, 1.165) is 25.7 Å². The van der Waals surface area contributed by atoms with Gasteiger partial charge in [0.1, 0.15) is 0 Å². The Morgan fingerprint density at radius 2 is 2.12 bits per heavy atom. The molecule has 0 saturated heterocycles. The van der Waals surface area contributed by atoms with E-state index >= 15 is 0 Å². The van der Waals surface area contributed by atoms with Gasteiger partial charge in [-0.3, -0.25) is 4.79 Å². The third-order valence-electron chi connectivity index (χ3n) is 4.20. The van der Waals surface area contributed by atoms with E-state index in [2.05, 4.69) is 10.1 Å². The minimum absolute atomic E-state index is 0.220. The van der Waals surface area contributed by atoms with Gasteiger partial charge in [0.15, 0.2) is 23.9 Å². The maximum absolute atomic E-state index is 10.9. The second-order valence-corrected chi connectivity index (χ2v) is 6.44. The monoisotopic (exact) mass is 366 g/mol. The lowest BCUT2D eigenvalue weighted by atomic mass is 9.99. The van der Waals surface area contributed by atoms with E-state index in [4.69, 9.17) is 37.1 Å². The van der Waals surface area contributed by atoms with Gasteiger partial charge in [-0.25, -0.2) is 0 Å². The molecule has 0 spiro atoms. The first kappa shape index (κ1) is 17.5. The summed E-state index contributed by atoms with van der Waals surface area (Å²) >= 11 is 6.24. The van der Waals surface area contributed by atoms with E-state index in [1.165, 1.54) is 7.11 Å². The molecule has 0 atom stereocenters. The average Bonchev–Trinajstić information content (AvgIpc) is 3.22. The number of aromatic nitrogens is 2. The first-order valence-corrected chi connectivity index (χ1v) is 8.23. The normalized spacial score (nSPS) is 16.0. The van der Waals surface area contributed by atoms with Gasteiger partial charge in [-0.15, -0.1) is 0 Å². The van der Waals surface area contributed by atoms with Gasteiger partial charge in [0.2, 0.25) is 0 Å². The SMILES string of the molecule is COc1cc(-c2nc(C3(N)CCCC3)no2)cc(Cl)c1OCC(N)=O. The second-order valence-electron chi connectivity index (χ2n) is 6.03. The van der Waals surface area contributed by atoms with Crippen LogP contribution in [0.5, 0.6) is 11.5 Å². The molecule has 1 aliphatic rings. The van der Waals surface area contributed by atoms with Gasteiger partial charge < -0.3 is 25.5 Å². The summed E-state index contributed by atoms with van der Waals surface area (Å²) in [5, 5.41) is 4.26. The Hall–Kier alpha value is -2.32. The largest absolute Gasteiger partial charge is 0.493 e. The molecule has 8 nitrogen and oxygen atoms in total. The summed E-state index contributed by atoms with van der Waals surface area (Å²) in [5.41, 5.74) is 11.5. The summed E-state index contributed by atoms with van der Waals surface area (Å²) in [7, 11) is 1.46. The van der Waals surface area contributed by atoms with Crippen LogP contribution in [-0.4, -0.2) is 29.8 Å². The molecule has 25 heavy (non-hydrogen) atoms. The van der Waals surface area contributed by atoms with E-state index in [1.807, 2.05) is 0 Å². The smallest absolute Gasteiger partial charge is 0.258 e. The van der Waals surface area contributed by atoms with Crippen LogP contribution in [0.4, 0.5) is 0 Å². The molecule has 3 rings (SSSR count). The maximum Gasteiger partial charge on any atom is 0.258 e. The van der Waals surface area contributed by atoms with Gasteiger partial charge in [-0.2, -0.15) is 4.98 Å². The van der Waals surface area contributed by atoms with Crippen LogP contribution in [0.1, 0.15) is 31.5 Å². The van der Waals surface area contributed by atoms with Gasteiger partial charge in [-0.1, -0.05) is 29.6 Å². The number of ether oxygens (including phenoxy) is 2. The highest BCUT2D eigenvalue weighted by molar-refractivity contribution is 6.32. The maximum atomic E-state index is 10.9. The summed E-state index contributed by atoms with van der Waals surface area (Å²) in [6.07, 6.45) is 3.75. The number of nitrogens with two attached hydrogens (primary N) is 2. The first-order valence-electron chi connectivity index (χ1n) is 7.85. The summed E-state index contributed by atoms with van der Waals surface area (Å²) in [6.45, 7) is -0.310. The molecular weight excluding hydrogens is 348 g/mol. The van der Waals surface area contributed by atoms with Crippen LogP contribution in [0.2, 0.25) is 5.02 Å². The molecule has 1 heterocycles. The molecule has 0 bridgehead atoms. The first-order chi connectivity index (χ1) is 11.9. The Bertz CT molecular complexity index is 786. The number of primary amides is 1. The van der Waals surface area contributed by atoms with E-state index in [-0.39, 0.29) is 23.3 Å². The predicted octanol–water partition coefficient (Wildman–Crippen LogP) is 1.99. The summed E-state index contributed by atoms with van der Waals surface area (Å²) in [5.74, 6) is 0.704. The molecule has 1 saturated carbocycles. The number of nitrogens with zero attached hydrogens (tertiary/aromatic N) is 2. The molecular formula is C16H19ClN4O4. The van der Waals surface area contributed by atoms with Crippen molar-refractivity contribution in [3.05, 3.63) is 23.0 Å². The topological polar surface area (TPSA) is 126 Å². The summed E-state index contributed by atoms with van der Waals surface area (Å²) in [4.78, 5) is 15.3. The van der Waals surface area contributed by atoms with Crippen molar-refractivity contribution in [2.24, 2.45) is 11.5 Å². The van der Waals surface area contributed by atoms with Crippen molar-refractivity contribution in [3.8, 4) is 23.0 Å². The average molecular weight is 367 g/mol. The minimum atomic E-state index is -0.617. The lowest BCUT2D eigenvalue weighted by Crippen LogP contribution is -2.34. The number of rotatable bonds is 6. The lowest BCUT2D eigenvalue weighted by molar-refractivity contribution is -0.119. The zero-order valence-electron chi connectivity index (χ0n) is 13.8. The zero-order chi connectivity index (χ0) is 18.0. The van der Waals surface area contributed by atoms with Crippen molar-refractivity contribution in [1.29, 1.82) is 0 Å². The highest BCUT2D eigenvalue weighted by Gasteiger charge is 2.36. The molecule has 1 fully saturated rings. The van der Waals surface area contributed by atoms with E-state index in [1.54, 1.807) is 12.1 Å². The Labute approximate surface area is 149 Å². The van der Waals surface area contributed by atoms with Crippen LogP contribution in [0, 0.1) is 0 Å². The number of methoxy groups -OCH3 is 1. The van der Waals surface area contributed by atoms with Crippen molar-refractivity contribution in [1.82, 2.24) is 10.1 Å². The van der Waals surface area contributed by atoms with Crippen molar-refractivity contribution in [2.45, 2.75) is 31.2 Å². The van der Waals surface area contributed by atoms with Crippen LogP contribution in [0.3, 0.4) is 0 Å². The van der Waals surface area contributed by atoms with Crippen molar-refractivity contribution in [3.63, 3.8) is 0 Å². The standard InChI is InChI=1S/C16H19ClN4O4/c1-23-11-7-9(6-10(17)13(11)24-8-12(18)22)14-20-15(21-25-14)16(19)4-2-3-5-16/h6-7H,2-5,8,19H2,1H3,(H2,18,22). The molecule has 2 aromatic rings. The highest BCUT2D eigenvalue weighted by Crippen LogP contribution is 2.40. The highest BCUT2D eigenvalue weighted by atomic mass is 35.5. The molecule has 4 N–H and O–H groups in total. The Balaban J connectivity index is 1.91. The number of carbonyl (C=O) groups excluding carboxylic acids is 1. The molecule has 1 aromatic heterocycles. The van der Waals surface area contributed by atoms with Crippen LogP contribution in [0.25, 0.3) is 11.5 Å². The van der Waals surface area contributed by atoms with Crippen LogP contribution in [0.15, 0.2) is 16.7 Å². The van der Waals surface area contributed by atoms with Crippen molar-refractivity contribution < 1.29 is 18.8 Å². The summed E-state index contributed by atoms with van der Waals surface area (Å²) < 4.78 is 15.9. The molecule has 9 heteroatoms. The Morgan fingerprint density at radius 3 is 2.76 bits per heavy atom. The second kappa shape index (κ2) is 6.89. The van der Waals surface area contributed by atoms with Crippen molar-refractivity contribution in [2.75, 3.05) is 13.7 Å². The van der Waals surface area contributed by atoms with Gasteiger partial charge in [0.25, 0.3) is 11.8 Å². The van der Waals surface area contributed by atoms with E-state index in [9.17, 15) is 4.79 Å². The molecule has 0 unspecified atom stereocenters. The molecule has 1 amide bonds. The van der Waals surface area contributed by atoms with Gasteiger partial charge in [-0.05, 0) is 25.0 Å². The molecule has 1 aliphatic carbocycles. The lowest BCUT2D eigenvalue weighted by Gasteiger charge is -2.17. The number of carbonyl (C=O) groups is 1. The number of hydrogen-bond acceptors (Lipinski definition) is 7. The van der Waals surface area contributed by atoms with Crippen molar-refractivity contribution >= 4 is 17.5 Å². The number of halogens is 1. The van der Waals surface area contributed by atoms with Crippen LogP contribution >= 0.6 is 11.6 Å². The molecule has 0 aliphatic heterocycles. The fraction of sp³-hybridized carbons (Fsp3) is 0.438. The predicted molar refractivity (Wildman–Crippen MR) is 90.3 cm³/mol. The van der Waals surface area contributed by atoms with Crippen LogP contribution < -0.4 is 20.9 Å². The quantitative estimate of drug-likeness (QED) is 0.800. The van der Waals surface area contributed by atoms with Crippen LogP contribution in [-0.2, 0) is 10.3 Å². The Kier molecular flexibility index (Phi) is 4.82. The third kappa shape index (κ3) is 3.54. The number of hydrogen-bond donors (Lipinski definition) is 2. The number of amides is 1. The van der Waals surface area contributed by atoms with Gasteiger partial charge >= 0.3 is 0 Å². The summed E-state index contributed by atoms with van der Waals surface area (Å²) in [6, 6.07) is 3.23. The molecule has 134 valence electrons. The van der Waals surface area contributed by atoms with E-state index < -0.39 is 11.4 Å². The zero-order valence-corrected chi connectivity index (χ0v) is 14.5.